The first-order chi connectivity index (χ1) is 16.7. The van der Waals surface area contributed by atoms with Crippen molar-refractivity contribution in [1.82, 2.24) is 0 Å². The van der Waals surface area contributed by atoms with Crippen LogP contribution in [-0.4, -0.2) is 30.2 Å². The fraction of sp³-hybridized carbons (Fsp3) is 0.310. The molecule has 1 fully saturated rings. The maximum Gasteiger partial charge on any atom is 0.269 e. The van der Waals surface area contributed by atoms with E-state index in [1.807, 2.05) is 47.4 Å². The number of fused-ring (bicyclic) bond motifs is 1. The molecule has 0 aromatic heterocycles. The zero-order valence-electron chi connectivity index (χ0n) is 20.4. The SMILES string of the molecule is COc1ccc(N2C(=O)CS[C@]23C(=O)N2c4c(cccc43)[C@@](C)(c3ccccc3)CC2(C)C)cc1. The molecule has 35 heavy (non-hydrogen) atoms. The second-order valence-corrected chi connectivity index (χ2v) is 11.6. The molecule has 2 atom stereocenters. The highest BCUT2D eigenvalue weighted by molar-refractivity contribution is 8.02. The molecule has 1 saturated heterocycles. The van der Waals surface area contributed by atoms with Gasteiger partial charge in [0.2, 0.25) is 10.8 Å². The largest absolute Gasteiger partial charge is 0.497 e. The third kappa shape index (κ3) is 2.83. The molecule has 3 aliphatic heterocycles. The second-order valence-electron chi connectivity index (χ2n) is 10.4. The Morgan fingerprint density at radius 3 is 2.20 bits per heavy atom. The van der Waals surface area contributed by atoms with Crippen molar-refractivity contribution in [1.29, 1.82) is 0 Å². The summed E-state index contributed by atoms with van der Waals surface area (Å²) in [6.45, 7) is 6.56. The van der Waals surface area contributed by atoms with E-state index in [2.05, 4.69) is 51.1 Å². The number of nitrogens with zero attached hydrogens (tertiary/aromatic N) is 2. The Kier molecular flexibility index (Phi) is 4.68. The summed E-state index contributed by atoms with van der Waals surface area (Å²) in [7, 11) is 1.62. The number of carbonyl (C=O) groups excluding carboxylic acids is 2. The minimum atomic E-state index is -1.11. The molecule has 6 heteroatoms. The minimum absolute atomic E-state index is 0.0354. The molecule has 3 heterocycles. The van der Waals surface area contributed by atoms with Gasteiger partial charge in [0.05, 0.1) is 18.6 Å². The summed E-state index contributed by atoms with van der Waals surface area (Å²) in [6, 6.07) is 24.2. The number of methoxy groups -OCH3 is 1. The molecule has 3 aliphatic rings. The third-order valence-electron chi connectivity index (χ3n) is 7.81. The molecule has 3 aromatic carbocycles. The molecule has 178 valence electrons. The van der Waals surface area contributed by atoms with Crippen molar-refractivity contribution in [2.24, 2.45) is 0 Å². The number of hydrogen-bond acceptors (Lipinski definition) is 4. The summed E-state index contributed by atoms with van der Waals surface area (Å²) in [6.07, 6.45) is 0.781. The smallest absolute Gasteiger partial charge is 0.269 e. The van der Waals surface area contributed by atoms with E-state index in [4.69, 9.17) is 4.74 Å². The summed E-state index contributed by atoms with van der Waals surface area (Å²) in [5, 5.41) is 0. The Hall–Kier alpha value is -3.25. The zero-order chi connectivity index (χ0) is 24.6. The van der Waals surface area contributed by atoms with Gasteiger partial charge < -0.3 is 9.64 Å². The van der Waals surface area contributed by atoms with Gasteiger partial charge in [-0.25, -0.2) is 0 Å². The molecular weight excluding hydrogens is 456 g/mol. The maximum atomic E-state index is 14.5. The fourth-order valence-electron chi connectivity index (χ4n) is 6.44. The van der Waals surface area contributed by atoms with Gasteiger partial charge in [-0.2, -0.15) is 0 Å². The van der Waals surface area contributed by atoms with E-state index in [1.54, 1.807) is 12.0 Å². The topological polar surface area (TPSA) is 49.9 Å². The summed E-state index contributed by atoms with van der Waals surface area (Å²) in [4.78, 5) is 30.4. The van der Waals surface area contributed by atoms with Crippen molar-refractivity contribution in [3.63, 3.8) is 0 Å². The summed E-state index contributed by atoms with van der Waals surface area (Å²) < 4.78 is 5.32. The van der Waals surface area contributed by atoms with Crippen LogP contribution in [-0.2, 0) is 19.9 Å². The van der Waals surface area contributed by atoms with Crippen LogP contribution < -0.4 is 14.5 Å². The zero-order valence-corrected chi connectivity index (χ0v) is 21.2. The third-order valence-corrected chi connectivity index (χ3v) is 9.20. The van der Waals surface area contributed by atoms with Crippen molar-refractivity contribution in [2.45, 2.75) is 43.0 Å². The average Bonchev–Trinajstić information content (AvgIpc) is 3.34. The molecule has 0 unspecified atom stereocenters. The Morgan fingerprint density at radius 2 is 1.51 bits per heavy atom. The summed E-state index contributed by atoms with van der Waals surface area (Å²) in [5.74, 6) is 0.870. The molecule has 0 N–H and O–H groups in total. The molecule has 2 amide bonds. The molecule has 0 saturated carbocycles. The lowest BCUT2D eigenvalue weighted by Gasteiger charge is -2.50. The van der Waals surface area contributed by atoms with Crippen LogP contribution in [0.25, 0.3) is 0 Å². The van der Waals surface area contributed by atoms with Gasteiger partial charge in [0, 0.05) is 22.2 Å². The summed E-state index contributed by atoms with van der Waals surface area (Å²) in [5.41, 5.74) is 4.23. The lowest BCUT2D eigenvalue weighted by atomic mass is 9.65. The van der Waals surface area contributed by atoms with Crippen LogP contribution in [0.5, 0.6) is 5.75 Å². The van der Waals surface area contributed by atoms with Crippen molar-refractivity contribution < 1.29 is 14.3 Å². The monoisotopic (exact) mass is 484 g/mol. The van der Waals surface area contributed by atoms with Crippen molar-refractivity contribution >= 4 is 35.0 Å². The van der Waals surface area contributed by atoms with E-state index in [-0.39, 0.29) is 23.0 Å². The first kappa shape index (κ1) is 22.2. The first-order valence-electron chi connectivity index (χ1n) is 11.9. The van der Waals surface area contributed by atoms with E-state index in [0.29, 0.717) is 11.4 Å². The van der Waals surface area contributed by atoms with Crippen molar-refractivity contribution in [2.75, 3.05) is 22.7 Å². The van der Waals surface area contributed by atoms with E-state index in [9.17, 15) is 9.59 Å². The van der Waals surface area contributed by atoms with Crippen LogP contribution in [0.4, 0.5) is 11.4 Å². The predicted octanol–water partition coefficient (Wildman–Crippen LogP) is 5.46. The van der Waals surface area contributed by atoms with Gasteiger partial charge in [-0.1, -0.05) is 55.5 Å². The molecular formula is C29H28N2O3S. The van der Waals surface area contributed by atoms with Crippen molar-refractivity contribution in [3.05, 3.63) is 89.5 Å². The van der Waals surface area contributed by atoms with Crippen LogP contribution in [0.1, 0.15) is 43.9 Å². The Labute approximate surface area is 210 Å². The number of amides is 2. The van der Waals surface area contributed by atoms with Crippen LogP contribution >= 0.6 is 11.8 Å². The summed E-state index contributed by atoms with van der Waals surface area (Å²) >= 11 is 1.43. The average molecular weight is 485 g/mol. The Balaban J connectivity index is 1.60. The Bertz CT molecular complexity index is 1350. The number of hydrogen-bond donors (Lipinski definition) is 0. The molecule has 5 nitrogen and oxygen atoms in total. The van der Waals surface area contributed by atoms with Crippen LogP contribution in [0.15, 0.2) is 72.8 Å². The van der Waals surface area contributed by atoms with Gasteiger partial charge >= 0.3 is 0 Å². The lowest BCUT2D eigenvalue weighted by Crippen LogP contribution is -2.58. The number of ether oxygens (including phenoxy) is 1. The van der Waals surface area contributed by atoms with E-state index in [0.717, 1.165) is 23.2 Å². The van der Waals surface area contributed by atoms with Crippen LogP contribution in [0.2, 0.25) is 0 Å². The molecule has 0 bridgehead atoms. The van der Waals surface area contributed by atoms with E-state index in [1.165, 1.54) is 17.3 Å². The number of thioether (sulfide) groups is 1. The van der Waals surface area contributed by atoms with Gasteiger partial charge in [0.15, 0.2) is 0 Å². The molecule has 3 aromatic rings. The molecule has 0 aliphatic carbocycles. The predicted molar refractivity (Wildman–Crippen MR) is 140 cm³/mol. The lowest BCUT2D eigenvalue weighted by molar-refractivity contribution is -0.124. The normalized spacial score (nSPS) is 26.4. The number of benzene rings is 3. The highest BCUT2D eigenvalue weighted by Gasteiger charge is 2.65. The first-order valence-corrected chi connectivity index (χ1v) is 12.9. The Morgan fingerprint density at radius 1 is 0.829 bits per heavy atom. The molecule has 0 radical (unpaired) electrons. The minimum Gasteiger partial charge on any atom is -0.497 e. The van der Waals surface area contributed by atoms with Gasteiger partial charge in [-0.05, 0) is 55.7 Å². The maximum absolute atomic E-state index is 14.5. The number of carbonyl (C=O) groups is 2. The van der Waals surface area contributed by atoms with Gasteiger partial charge in [0.1, 0.15) is 5.75 Å². The van der Waals surface area contributed by atoms with Crippen LogP contribution in [0.3, 0.4) is 0 Å². The van der Waals surface area contributed by atoms with Crippen molar-refractivity contribution in [3.8, 4) is 5.75 Å². The standard InChI is InChI=1S/C29H28N2O3S/c1-27(2)18-28(3,19-9-6-5-7-10-19)22-11-8-12-23-25(22)31(27)26(33)29(23)30(24(32)17-35-29)20-13-15-21(34-4)16-14-20/h5-16H,17-18H2,1-4H3/t28-,29-/m1/s1. The van der Waals surface area contributed by atoms with E-state index >= 15 is 0 Å². The van der Waals surface area contributed by atoms with Crippen LogP contribution in [0, 0.1) is 0 Å². The molecule has 6 rings (SSSR count). The van der Waals surface area contributed by atoms with Gasteiger partial charge in [0.25, 0.3) is 5.91 Å². The van der Waals surface area contributed by atoms with E-state index < -0.39 is 10.4 Å². The fourth-order valence-corrected chi connectivity index (χ4v) is 7.77. The molecule has 1 spiro atoms. The van der Waals surface area contributed by atoms with Gasteiger partial charge in [-0.3, -0.25) is 14.5 Å². The number of para-hydroxylation sites is 1. The highest BCUT2D eigenvalue weighted by atomic mass is 32.2. The number of rotatable bonds is 3. The number of anilines is 2. The second kappa shape index (κ2) is 7.37. The van der Waals surface area contributed by atoms with Gasteiger partial charge in [-0.15, -0.1) is 11.8 Å². The quantitative estimate of drug-likeness (QED) is 0.495. The highest BCUT2D eigenvalue weighted by Crippen LogP contribution is 2.62.